The highest BCUT2D eigenvalue weighted by molar-refractivity contribution is 9.10. The van der Waals surface area contributed by atoms with E-state index in [1.54, 1.807) is 19.1 Å². The number of hydrogen-bond donors (Lipinski definition) is 1. The second kappa shape index (κ2) is 4.11. The maximum absolute atomic E-state index is 12.5. The number of halogens is 2. The summed E-state index contributed by atoms with van der Waals surface area (Å²) in [4.78, 5) is 4.07. The van der Waals surface area contributed by atoms with Crippen LogP contribution in [-0.2, 0) is 0 Å². The molecule has 2 rings (SSSR count). The van der Waals surface area contributed by atoms with Crippen LogP contribution in [-0.4, -0.2) is 14.1 Å². The lowest BCUT2D eigenvalue weighted by atomic mass is 10.1. The van der Waals surface area contributed by atoms with Crippen molar-refractivity contribution in [3.8, 4) is 0 Å². The zero-order chi connectivity index (χ0) is 11.0. The van der Waals surface area contributed by atoms with E-state index in [9.17, 15) is 8.99 Å². The highest BCUT2D eigenvalue weighted by Gasteiger charge is 2.12. The third-order valence-electron chi connectivity index (χ3n) is 2.14. The number of aliphatic hydroxyl groups is 1. The molecule has 15 heavy (non-hydrogen) atoms. The maximum Gasteiger partial charge on any atom is 0.171 e. The predicted octanol–water partition coefficient (Wildman–Crippen LogP) is 3.23. The summed E-state index contributed by atoms with van der Waals surface area (Å²) < 4.78 is 14.6. The van der Waals surface area contributed by atoms with E-state index < -0.39 is 6.10 Å². The summed E-state index contributed by atoms with van der Waals surface area (Å²) in [6.45, 7) is 1.66. The van der Waals surface area contributed by atoms with E-state index in [0.717, 1.165) is 4.47 Å². The fourth-order valence-electron chi connectivity index (χ4n) is 1.46. The fraction of sp³-hybridized carbons (Fsp3) is 0.222. The molecular formula is C9H8BrFN2OS. The largest absolute Gasteiger partial charge is 0.389 e. The molecular weight excluding hydrogens is 283 g/mol. The molecule has 0 amide bonds. The number of fused-ring (bicyclic) bond motifs is 1. The number of nitrogens with zero attached hydrogens (tertiary/aromatic N) is 2. The first-order chi connectivity index (χ1) is 7.13. The van der Waals surface area contributed by atoms with Crippen molar-refractivity contribution in [3.63, 3.8) is 0 Å². The Bertz CT molecular complexity index is 500. The SMILES string of the molecule is CC(O)c1cc(Br)cc2c1ncn2SF. The molecule has 0 saturated heterocycles. The molecule has 0 bridgehead atoms. The Balaban J connectivity index is 2.76. The van der Waals surface area contributed by atoms with Crippen molar-refractivity contribution in [1.29, 1.82) is 0 Å². The Morgan fingerprint density at radius 3 is 2.93 bits per heavy atom. The van der Waals surface area contributed by atoms with Crippen molar-refractivity contribution in [1.82, 2.24) is 8.96 Å². The molecule has 0 fully saturated rings. The Hall–Kier alpha value is -0.590. The van der Waals surface area contributed by atoms with Crippen LogP contribution >= 0.6 is 28.3 Å². The zero-order valence-electron chi connectivity index (χ0n) is 7.82. The number of aromatic nitrogens is 2. The van der Waals surface area contributed by atoms with Gasteiger partial charge >= 0.3 is 0 Å². The van der Waals surface area contributed by atoms with Crippen LogP contribution in [0.5, 0.6) is 0 Å². The van der Waals surface area contributed by atoms with E-state index in [4.69, 9.17) is 0 Å². The van der Waals surface area contributed by atoms with Crippen LogP contribution in [0.1, 0.15) is 18.6 Å². The van der Waals surface area contributed by atoms with Crippen molar-refractivity contribution >= 4 is 39.3 Å². The molecule has 1 aromatic carbocycles. The third kappa shape index (κ3) is 1.89. The van der Waals surface area contributed by atoms with Gasteiger partial charge in [0.15, 0.2) is 12.3 Å². The van der Waals surface area contributed by atoms with E-state index in [1.807, 2.05) is 0 Å². The smallest absolute Gasteiger partial charge is 0.171 e. The Kier molecular flexibility index (Phi) is 2.99. The molecule has 1 N–H and O–H groups in total. The van der Waals surface area contributed by atoms with Gasteiger partial charge in [-0.05, 0) is 19.1 Å². The summed E-state index contributed by atoms with van der Waals surface area (Å²) >= 11 is 3.40. The van der Waals surface area contributed by atoms with Gasteiger partial charge in [-0.2, -0.15) is 0 Å². The normalized spacial score (nSPS) is 13.3. The monoisotopic (exact) mass is 290 g/mol. The van der Waals surface area contributed by atoms with Gasteiger partial charge in [0.05, 0.1) is 17.1 Å². The summed E-state index contributed by atoms with van der Waals surface area (Å²) in [5, 5.41) is 9.56. The molecule has 0 aliphatic carbocycles. The van der Waals surface area contributed by atoms with Gasteiger partial charge in [-0.15, -0.1) is 3.89 Å². The van der Waals surface area contributed by atoms with E-state index in [2.05, 4.69) is 20.9 Å². The Labute approximate surface area is 98.9 Å². The van der Waals surface area contributed by atoms with Crippen LogP contribution in [0.25, 0.3) is 11.0 Å². The first-order valence-electron chi connectivity index (χ1n) is 4.27. The van der Waals surface area contributed by atoms with Crippen LogP contribution in [0.4, 0.5) is 3.89 Å². The molecule has 0 radical (unpaired) electrons. The molecule has 3 nitrogen and oxygen atoms in total. The average Bonchev–Trinajstić information content (AvgIpc) is 2.58. The number of aliphatic hydroxyl groups excluding tert-OH is 1. The highest BCUT2D eigenvalue weighted by atomic mass is 79.9. The summed E-state index contributed by atoms with van der Waals surface area (Å²) in [6.07, 6.45) is 0.770. The number of hydrogen-bond acceptors (Lipinski definition) is 3. The van der Waals surface area contributed by atoms with E-state index in [1.165, 1.54) is 10.3 Å². The average molecular weight is 291 g/mol. The van der Waals surface area contributed by atoms with Crippen LogP contribution in [0.2, 0.25) is 0 Å². The van der Waals surface area contributed by atoms with E-state index in [0.29, 0.717) is 16.6 Å². The summed E-state index contributed by atoms with van der Waals surface area (Å²) in [6, 6.07) is 3.55. The minimum absolute atomic E-state index is 0.0858. The van der Waals surface area contributed by atoms with E-state index in [-0.39, 0.29) is 12.3 Å². The lowest BCUT2D eigenvalue weighted by molar-refractivity contribution is 0.200. The lowest BCUT2D eigenvalue weighted by Gasteiger charge is -2.06. The molecule has 1 atom stereocenters. The van der Waals surface area contributed by atoms with Gasteiger partial charge < -0.3 is 5.11 Å². The molecule has 0 saturated carbocycles. The second-order valence-electron chi connectivity index (χ2n) is 3.18. The first-order valence-corrected chi connectivity index (χ1v) is 5.74. The molecule has 1 aromatic heterocycles. The maximum atomic E-state index is 12.5. The molecule has 0 spiro atoms. The van der Waals surface area contributed by atoms with Gasteiger partial charge in [0.1, 0.15) is 6.33 Å². The van der Waals surface area contributed by atoms with Gasteiger partial charge in [-0.3, -0.25) is 0 Å². The minimum Gasteiger partial charge on any atom is -0.389 e. The number of rotatable bonds is 2. The summed E-state index contributed by atoms with van der Waals surface area (Å²) in [5.41, 5.74) is 1.96. The van der Waals surface area contributed by atoms with Crippen LogP contribution in [0, 0.1) is 0 Å². The molecule has 6 heteroatoms. The zero-order valence-corrected chi connectivity index (χ0v) is 10.2. The van der Waals surface area contributed by atoms with E-state index >= 15 is 0 Å². The summed E-state index contributed by atoms with van der Waals surface area (Å²) in [5.74, 6) is 0. The predicted molar refractivity (Wildman–Crippen MR) is 62.2 cm³/mol. The number of benzene rings is 1. The van der Waals surface area contributed by atoms with Gasteiger partial charge in [-0.25, -0.2) is 8.96 Å². The molecule has 2 aromatic rings. The summed E-state index contributed by atoms with van der Waals surface area (Å²) in [7, 11) is 0. The molecule has 1 unspecified atom stereocenters. The van der Waals surface area contributed by atoms with Crippen molar-refractivity contribution in [2.45, 2.75) is 13.0 Å². The minimum atomic E-state index is -0.627. The van der Waals surface area contributed by atoms with Crippen LogP contribution in [0.3, 0.4) is 0 Å². The third-order valence-corrected chi connectivity index (χ3v) is 3.04. The lowest BCUT2D eigenvalue weighted by Crippen LogP contribution is -1.93. The first kappa shape index (κ1) is 10.9. The molecule has 80 valence electrons. The van der Waals surface area contributed by atoms with Crippen LogP contribution < -0.4 is 0 Å². The van der Waals surface area contributed by atoms with Crippen molar-refractivity contribution in [2.24, 2.45) is 0 Å². The van der Waals surface area contributed by atoms with Gasteiger partial charge in [-0.1, -0.05) is 15.9 Å². The number of imidazole rings is 1. The standard InChI is InChI=1S/C9H8BrFN2OS/c1-5(14)7-2-6(10)3-8-9(7)12-4-13(8)15-11/h2-5,14H,1H3. The Morgan fingerprint density at radius 1 is 1.60 bits per heavy atom. The molecule has 0 aliphatic heterocycles. The fourth-order valence-corrected chi connectivity index (χ4v) is 2.22. The highest BCUT2D eigenvalue weighted by Crippen LogP contribution is 2.29. The van der Waals surface area contributed by atoms with Gasteiger partial charge in [0.2, 0.25) is 0 Å². The van der Waals surface area contributed by atoms with Crippen molar-refractivity contribution < 1.29 is 8.99 Å². The van der Waals surface area contributed by atoms with Crippen LogP contribution in [0.15, 0.2) is 22.9 Å². The molecule has 0 aliphatic rings. The van der Waals surface area contributed by atoms with Crippen molar-refractivity contribution in [2.75, 3.05) is 0 Å². The van der Waals surface area contributed by atoms with Gasteiger partial charge in [0.25, 0.3) is 0 Å². The second-order valence-corrected chi connectivity index (χ2v) is 4.63. The molecule has 1 heterocycles. The van der Waals surface area contributed by atoms with Gasteiger partial charge in [0, 0.05) is 10.0 Å². The Morgan fingerprint density at radius 2 is 2.33 bits per heavy atom. The topological polar surface area (TPSA) is 38.1 Å². The van der Waals surface area contributed by atoms with Crippen molar-refractivity contribution in [3.05, 3.63) is 28.5 Å². The quantitative estimate of drug-likeness (QED) is 0.923.